The van der Waals surface area contributed by atoms with Gasteiger partial charge in [0.25, 0.3) is 5.91 Å². The number of rotatable bonds is 3. The molecule has 0 aliphatic carbocycles. The lowest BCUT2D eigenvalue weighted by molar-refractivity contribution is 0.102. The molecule has 5 nitrogen and oxygen atoms in total. The van der Waals surface area contributed by atoms with Gasteiger partial charge < -0.3 is 10.4 Å². The van der Waals surface area contributed by atoms with Crippen molar-refractivity contribution in [1.82, 2.24) is 9.38 Å². The number of pyridine rings is 1. The summed E-state index contributed by atoms with van der Waals surface area (Å²) in [6.45, 7) is 3.81. The van der Waals surface area contributed by atoms with Gasteiger partial charge in [0.05, 0.1) is 5.69 Å². The van der Waals surface area contributed by atoms with Crippen molar-refractivity contribution < 1.29 is 9.90 Å². The molecule has 3 aromatic rings. The normalized spacial score (nSPS) is 10.9. The first-order valence-corrected chi connectivity index (χ1v) is 8.06. The van der Waals surface area contributed by atoms with E-state index >= 15 is 0 Å². The third-order valence-corrected chi connectivity index (χ3v) is 4.13. The van der Waals surface area contributed by atoms with Gasteiger partial charge in [-0.15, -0.1) is 0 Å². The number of nitrogens with one attached hydrogen (secondary N) is 1. The van der Waals surface area contributed by atoms with Gasteiger partial charge in [0.15, 0.2) is 0 Å². The number of aromatic nitrogens is 2. The quantitative estimate of drug-likeness (QED) is 0.683. The SMILES string of the molecule is CCc1nc2ccc(Br)cn2c1C(=O)Nc1ccc(O)cc1C. The van der Waals surface area contributed by atoms with E-state index in [1.165, 1.54) is 0 Å². The van der Waals surface area contributed by atoms with Gasteiger partial charge in [-0.2, -0.15) is 0 Å². The first-order valence-electron chi connectivity index (χ1n) is 7.27. The third kappa shape index (κ3) is 2.94. The molecule has 2 aromatic heterocycles. The van der Waals surface area contributed by atoms with Gasteiger partial charge in [0.2, 0.25) is 0 Å². The van der Waals surface area contributed by atoms with Crippen molar-refractivity contribution in [2.75, 3.05) is 5.32 Å². The van der Waals surface area contributed by atoms with Crippen LogP contribution in [0.15, 0.2) is 41.0 Å². The number of nitrogens with zero attached hydrogens (tertiary/aromatic N) is 2. The molecule has 3 rings (SSSR count). The van der Waals surface area contributed by atoms with Crippen LogP contribution in [0.5, 0.6) is 5.75 Å². The van der Waals surface area contributed by atoms with E-state index < -0.39 is 0 Å². The zero-order valence-corrected chi connectivity index (χ0v) is 14.4. The third-order valence-electron chi connectivity index (χ3n) is 3.66. The maximum absolute atomic E-state index is 12.8. The summed E-state index contributed by atoms with van der Waals surface area (Å²) in [5.74, 6) is -0.0466. The van der Waals surface area contributed by atoms with Crippen LogP contribution < -0.4 is 5.32 Å². The number of imidazole rings is 1. The van der Waals surface area contributed by atoms with Gasteiger partial charge in [-0.3, -0.25) is 9.20 Å². The molecule has 0 atom stereocenters. The first-order chi connectivity index (χ1) is 11.0. The molecule has 0 spiro atoms. The molecule has 0 radical (unpaired) electrons. The van der Waals surface area contributed by atoms with Gasteiger partial charge in [-0.05, 0) is 65.2 Å². The van der Waals surface area contributed by atoms with Crippen LogP contribution in [-0.4, -0.2) is 20.4 Å². The summed E-state index contributed by atoms with van der Waals surface area (Å²) in [5, 5.41) is 12.4. The Hall–Kier alpha value is -2.34. The van der Waals surface area contributed by atoms with E-state index in [1.54, 1.807) is 22.6 Å². The Kier molecular flexibility index (Phi) is 4.09. The highest BCUT2D eigenvalue weighted by Gasteiger charge is 2.19. The Morgan fingerprint density at radius 1 is 1.35 bits per heavy atom. The molecular formula is C17H16BrN3O2. The molecule has 2 heterocycles. The van der Waals surface area contributed by atoms with Crippen LogP contribution >= 0.6 is 15.9 Å². The molecule has 0 saturated carbocycles. The summed E-state index contributed by atoms with van der Waals surface area (Å²) in [5.41, 5.74) is 3.47. The minimum absolute atomic E-state index is 0.175. The second-order valence-corrected chi connectivity index (χ2v) is 6.21. The largest absolute Gasteiger partial charge is 0.508 e. The number of phenols is 1. The molecule has 2 N–H and O–H groups in total. The number of anilines is 1. The number of amides is 1. The van der Waals surface area contributed by atoms with Crippen molar-refractivity contribution in [2.45, 2.75) is 20.3 Å². The van der Waals surface area contributed by atoms with Gasteiger partial charge in [0.1, 0.15) is 17.1 Å². The van der Waals surface area contributed by atoms with Crippen LogP contribution in [0.25, 0.3) is 5.65 Å². The zero-order chi connectivity index (χ0) is 16.6. The second-order valence-electron chi connectivity index (χ2n) is 5.29. The number of fused-ring (bicyclic) bond motifs is 1. The van der Waals surface area contributed by atoms with Crippen LogP contribution in [-0.2, 0) is 6.42 Å². The van der Waals surface area contributed by atoms with Crippen molar-refractivity contribution >= 4 is 33.2 Å². The lowest BCUT2D eigenvalue weighted by atomic mass is 10.2. The number of aryl methyl sites for hydroxylation is 2. The molecule has 1 amide bonds. The summed E-state index contributed by atoms with van der Waals surface area (Å²) < 4.78 is 2.66. The van der Waals surface area contributed by atoms with E-state index in [0.29, 0.717) is 17.8 Å². The number of carbonyl (C=O) groups excluding carboxylic acids is 1. The predicted octanol–water partition coefficient (Wildman–Crippen LogP) is 3.93. The fourth-order valence-corrected chi connectivity index (χ4v) is 2.86. The number of phenolic OH excluding ortho intramolecular Hbond substituents is 1. The molecule has 0 aliphatic heterocycles. The molecule has 0 saturated heterocycles. The summed E-state index contributed by atoms with van der Waals surface area (Å²) in [4.78, 5) is 17.3. The number of hydrogen-bond donors (Lipinski definition) is 2. The first kappa shape index (κ1) is 15.6. The Labute approximate surface area is 142 Å². The standard InChI is InChI=1S/C17H16BrN3O2/c1-3-13-16(21-9-11(18)4-7-15(21)19-13)17(23)20-14-6-5-12(22)8-10(14)2/h4-9,22H,3H2,1-2H3,(H,20,23). The smallest absolute Gasteiger partial charge is 0.274 e. The summed E-state index contributed by atoms with van der Waals surface area (Å²) >= 11 is 3.43. The minimum Gasteiger partial charge on any atom is -0.508 e. The van der Waals surface area contributed by atoms with Crippen molar-refractivity contribution in [2.24, 2.45) is 0 Å². The Balaban J connectivity index is 2.04. The second kappa shape index (κ2) is 6.04. The van der Waals surface area contributed by atoms with Gasteiger partial charge in [-0.25, -0.2) is 4.98 Å². The number of halogens is 1. The molecule has 0 unspecified atom stereocenters. The maximum Gasteiger partial charge on any atom is 0.274 e. The lowest BCUT2D eigenvalue weighted by Gasteiger charge is -2.09. The predicted molar refractivity (Wildman–Crippen MR) is 93.1 cm³/mol. The van der Waals surface area contributed by atoms with Crippen LogP contribution in [0, 0.1) is 6.92 Å². The number of aromatic hydroxyl groups is 1. The molecule has 1 aromatic carbocycles. The average Bonchev–Trinajstić information content (AvgIpc) is 2.87. The van der Waals surface area contributed by atoms with E-state index in [2.05, 4.69) is 26.2 Å². The van der Waals surface area contributed by atoms with Gasteiger partial charge in [0, 0.05) is 16.4 Å². The van der Waals surface area contributed by atoms with Crippen LogP contribution in [0.4, 0.5) is 5.69 Å². The maximum atomic E-state index is 12.8. The van der Waals surface area contributed by atoms with Gasteiger partial charge >= 0.3 is 0 Å². The molecule has 0 fully saturated rings. The van der Waals surface area contributed by atoms with Crippen LogP contribution in [0.2, 0.25) is 0 Å². The van der Waals surface area contributed by atoms with E-state index in [9.17, 15) is 9.90 Å². The molecular weight excluding hydrogens is 358 g/mol. The van der Waals surface area contributed by atoms with Crippen molar-refractivity contribution in [3.8, 4) is 5.75 Å². The molecule has 6 heteroatoms. The number of hydrogen-bond acceptors (Lipinski definition) is 3. The number of benzene rings is 1. The summed E-state index contributed by atoms with van der Waals surface area (Å²) in [6, 6.07) is 8.61. The summed E-state index contributed by atoms with van der Waals surface area (Å²) in [7, 11) is 0. The topological polar surface area (TPSA) is 66.6 Å². The lowest BCUT2D eigenvalue weighted by Crippen LogP contribution is -2.17. The molecule has 0 bridgehead atoms. The van der Waals surface area contributed by atoms with Gasteiger partial charge in [-0.1, -0.05) is 6.92 Å². The average molecular weight is 374 g/mol. The van der Waals surface area contributed by atoms with Crippen molar-refractivity contribution in [3.63, 3.8) is 0 Å². The van der Waals surface area contributed by atoms with Crippen molar-refractivity contribution in [1.29, 1.82) is 0 Å². The molecule has 0 aliphatic rings. The number of carbonyl (C=O) groups is 1. The zero-order valence-electron chi connectivity index (χ0n) is 12.8. The minimum atomic E-state index is -0.221. The van der Waals surface area contributed by atoms with E-state index in [1.807, 2.05) is 32.2 Å². The summed E-state index contributed by atoms with van der Waals surface area (Å²) in [6.07, 6.45) is 2.50. The highest BCUT2D eigenvalue weighted by Crippen LogP contribution is 2.23. The van der Waals surface area contributed by atoms with E-state index in [0.717, 1.165) is 21.4 Å². The molecule has 118 valence electrons. The highest BCUT2D eigenvalue weighted by molar-refractivity contribution is 9.10. The Bertz CT molecular complexity index is 902. The molecule has 23 heavy (non-hydrogen) atoms. The van der Waals surface area contributed by atoms with E-state index in [-0.39, 0.29) is 11.7 Å². The fraction of sp³-hybridized carbons (Fsp3) is 0.176. The monoisotopic (exact) mass is 373 g/mol. The van der Waals surface area contributed by atoms with Crippen LogP contribution in [0.3, 0.4) is 0 Å². The van der Waals surface area contributed by atoms with E-state index in [4.69, 9.17) is 0 Å². The van der Waals surface area contributed by atoms with Crippen LogP contribution in [0.1, 0.15) is 28.7 Å². The van der Waals surface area contributed by atoms with Crippen molar-refractivity contribution in [3.05, 3.63) is 58.0 Å². The fourth-order valence-electron chi connectivity index (χ4n) is 2.52. The Morgan fingerprint density at radius 3 is 2.83 bits per heavy atom. The highest BCUT2D eigenvalue weighted by atomic mass is 79.9. The Morgan fingerprint density at radius 2 is 2.13 bits per heavy atom.